The van der Waals surface area contributed by atoms with E-state index in [9.17, 15) is 4.79 Å². The lowest BCUT2D eigenvalue weighted by Crippen LogP contribution is -2.33. The number of hydrogen-bond donors (Lipinski definition) is 1. The first-order valence-corrected chi connectivity index (χ1v) is 7.52. The van der Waals surface area contributed by atoms with Crippen molar-refractivity contribution in [2.24, 2.45) is 0 Å². The van der Waals surface area contributed by atoms with E-state index >= 15 is 0 Å². The second kappa shape index (κ2) is 5.75. The number of amides is 1. The molecule has 1 aliphatic rings. The van der Waals surface area contributed by atoms with Gasteiger partial charge in [-0.1, -0.05) is 30.0 Å². The topological polar surface area (TPSA) is 45.5 Å². The molecule has 2 aromatic rings. The highest BCUT2D eigenvalue weighted by atomic mass is 32.2. The van der Waals surface area contributed by atoms with E-state index in [2.05, 4.69) is 5.43 Å². The monoisotopic (exact) mass is 316 g/mol. The van der Waals surface area contributed by atoms with Gasteiger partial charge < -0.3 is 4.42 Å². The summed E-state index contributed by atoms with van der Waals surface area (Å²) in [4.78, 5) is 12.9. The Morgan fingerprint density at radius 1 is 1.24 bits per heavy atom. The Hall–Kier alpha value is -2.05. The molecule has 3 rings (SSSR count). The van der Waals surface area contributed by atoms with Crippen molar-refractivity contribution in [3.8, 4) is 0 Å². The van der Waals surface area contributed by atoms with Crippen LogP contribution in [0.3, 0.4) is 0 Å². The average Bonchev–Trinajstić information content (AvgIpc) is 2.99. The minimum Gasteiger partial charge on any atom is -0.462 e. The standard InChI is InChI=1S/C15H12N2O2S2/c1-10-7-8-12(19-10)9-13-14(18)17(15(20)21-13)16-11-5-3-2-4-6-11/h2-9,16H,1H3/b13-9-. The minimum atomic E-state index is -0.178. The Labute approximate surface area is 131 Å². The van der Waals surface area contributed by atoms with Crippen LogP contribution in [0.4, 0.5) is 5.69 Å². The van der Waals surface area contributed by atoms with Gasteiger partial charge in [0.25, 0.3) is 5.91 Å². The molecule has 1 fully saturated rings. The fourth-order valence-electron chi connectivity index (χ4n) is 1.87. The largest absolute Gasteiger partial charge is 0.462 e. The molecule has 0 bridgehead atoms. The van der Waals surface area contributed by atoms with Gasteiger partial charge in [-0.05, 0) is 43.4 Å². The van der Waals surface area contributed by atoms with Gasteiger partial charge in [0.05, 0.1) is 10.6 Å². The molecule has 1 N–H and O–H groups in total. The summed E-state index contributed by atoms with van der Waals surface area (Å²) >= 11 is 6.50. The van der Waals surface area contributed by atoms with Crippen molar-refractivity contribution in [1.29, 1.82) is 0 Å². The molecule has 1 amide bonds. The van der Waals surface area contributed by atoms with Crippen LogP contribution in [-0.2, 0) is 4.79 Å². The Kier molecular flexibility index (Phi) is 3.81. The third kappa shape index (κ3) is 3.01. The summed E-state index contributed by atoms with van der Waals surface area (Å²) < 4.78 is 5.93. The van der Waals surface area contributed by atoms with Gasteiger partial charge in [-0.2, -0.15) is 0 Å². The number of hydrazine groups is 1. The van der Waals surface area contributed by atoms with Gasteiger partial charge in [-0.15, -0.1) is 0 Å². The second-order valence-corrected chi connectivity index (χ2v) is 6.12. The summed E-state index contributed by atoms with van der Waals surface area (Å²) in [7, 11) is 0. The maximum Gasteiger partial charge on any atom is 0.285 e. The zero-order valence-corrected chi connectivity index (χ0v) is 12.8. The van der Waals surface area contributed by atoms with E-state index in [0.29, 0.717) is 15.0 Å². The molecule has 0 aliphatic carbocycles. The number of carbonyl (C=O) groups is 1. The molecular weight excluding hydrogens is 304 g/mol. The number of thioether (sulfide) groups is 1. The quantitative estimate of drug-likeness (QED) is 0.689. The molecule has 0 atom stereocenters. The SMILES string of the molecule is Cc1ccc(/C=C2\SC(=S)N(Nc3ccccc3)C2=O)o1. The summed E-state index contributed by atoms with van der Waals surface area (Å²) in [5, 5.41) is 1.37. The van der Waals surface area contributed by atoms with E-state index < -0.39 is 0 Å². The Morgan fingerprint density at radius 3 is 2.67 bits per heavy atom. The van der Waals surface area contributed by atoms with Crippen molar-refractivity contribution in [2.45, 2.75) is 6.92 Å². The molecule has 0 radical (unpaired) electrons. The number of carbonyl (C=O) groups excluding carboxylic acids is 1. The van der Waals surface area contributed by atoms with E-state index in [1.165, 1.54) is 16.8 Å². The van der Waals surface area contributed by atoms with Crippen LogP contribution in [0.1, 0.15) is 11.5 Å². The van der Waals surface area contributed by atoms with Crippen LogP contribution in [0, 0.1) is 6.92 Å². The van der Waals surface area contributed by atoms with Crippen LogP contribution >= 0.6 is 24.0 Å². The number of benzene rings is 1. The number of aryl methyl sites for hydroxylation is 1. The lowest BCUT2D eigenvalue weighted by molar-refractivity contribution is -0.121. The van der Waals surface area contributed by atoms with Gasteiger partial charge in [-0.3, -0.25) is 10.2 Å². The molecule has 6 heteroatoms. The van der Waals surface area contributed by atoms with Crippen molar-refractivity contribution in [3.63, 3.8) is 0 Å². The lowest BCUT2D eigenvalue weighted by Gasteiger charge is -2.16. The van der Waals surface area contributed by atoms with Crippen LogP contribution in [0.2, 0.25) is 0 Å². The van der Waals surface area contributed by atoms with Gasteiger partial charge in [-0.25, -0.2) is 5.01 Å². The van der Waals surface area contributed by atoms with Crippen LogP contribution in [0.15, 0.2) is 51.8 Å². The zero-order valence-electron chi connectivity index (χ0n) is 11.2. The van der Waals surface area contributed by atoms with Crippen LogP contribution in [0.5, 0.6) is 0 Å². The van der Waals surface area contributed by atoms with Gasteiger partial charge in [0, 0.05) is 6.08 Å². The first-order chi connectivity index (χ1) is 10.1. The van der Waals surface area contributed by atoms with Crippen molar-refractivity contribution < 1.29 is 9.21 Å². The highest BCUT2D eigenvalue weighted by molar-refractivity contribution is 8.26. The molecule has 1 aliphatic heterocycles. The summed E-state index contributed by atoms with van der Waals surface area (Å²) in [6.45, 7) is 1.86. The predicted octanol–water partition coefficient (Wildman–Crippen LogP) is 3.82. The number of para-hydroxylation sites is 1. The number of furan rings is 1. The molecule has 1 aromatic heterocycles. The van der Waals surface area contributed by atoms with E-state index in [1.54, 1.807) is 6.08 Å². The van der Waals surface area contributed by atoms with Gasteiger partial charge >= 0.3 is 0 Å². The van der Waals surface area contributed by atoms with Crippen molar-refractivity contribution in [1.82, 2.24) is 5.01 Å². The average molecular weight is 316 g/mol. The third-order valence-corrected chi connectivity index (χ3v) is 4.15. The summed E-state index contributed by atoms with van der Waals surface area (Å²) in [6.07, 6.45) is 1.71. The van der Waals surface area contributed by atoms with Crippen molar-refractivity contribution >= 4 is 46.0 Å². The molecule has 4 nitrogen and oxygen atoms in total. The number of rotatable bonds is 3. The Balaban J connectivity index is 1.81. The summed E-state index contributed by atoms with van der Waals surface area (Å²) in [5.74, 6) is 1.27. The van der Waals surface area contributed by atoms with Gasteiger partial charge in [0.1, 0.15) is 11.5 Å². The maximum atomic E-state index is 12.4. The molecular formula is C15H12N2O2S2. The predicted molar refractivity (Wildman–Crippen MR) is 88.5 cm³/mol. The van der Waals surface area contributed by atoms with E-state index in [4.69, 9.17) is 16.6 Å². The highest BCUT2D eigenvalue weighted by Gasteiger charge is 2.32. The zero-order chi connectivity index (χ0) is 14.8. The van der Waals surface area contributed by atoms with Gasteiger partial charge in [0.15, 0.2) is 4.32 Å². The van der Waals surface area contributed by atoms with Crippen LogP contribution < -0.4 is 5.43 Å². The molecule has 21 heavy (non-hydrogen) atoms. The molecule has 106 valence electrons. The minimum absolute atomic E-state index is 0.178. The first kappa shape index (κ1) is 13.9. The van der Waals surface area contributed by atoms with Crippen LogP contribution in [0.25, 0.3) is 6.08 Å². The molecule has 0 unspecified atom stereocenters. The van der Waals surface area contributed by atoms with E-state index in [1.807, 2.05) is 49.4 Å². The number of anilines is 1. The smallest absolute Gasteiger partial charge is 0.285 e. The van der Waals surface area contributed by atoms with E-state index in [0.717, 1.165) is 11.4 Å². The van der Waals surface area contributed by atoms with Gasteiger partial charge in [0.2, 0.25) is 0 Å². The van der Waals surface area contributed by atoms with Crippen LogP contribution in [-0.4, -0.2) is 15.2 Å². The first-order valence-electron chi connectivity index (χ1n) is 6.29. The lowest BCUT2D eigenvalue weighted by atomic mass is 10.3. The van der Waals surface area contributed by atoms with E-state index in [-0.39, 0.29) is 5.91 Å². The number of nitrogens with zero attached hydrogens (tertiary/aromatic N) is 1. The second-order valence-electron chi connectivity index (χ2n) is 4.44. The summed E-state index contributed by atoms with van der Waals surface area (Å²) in [6, 6.07) is 13.1. The summed E-state index contributed by atoms with van der Waals surface area (Å²) in [5.41, 5.74) is 3.82. The normalized spacial score (nSPS) is 16.8. The molecule has 0 saturated carbocycles. The number of thiocarbonyl (C=S) groups is 1. The third-order valence-electron chi connectivity index (χ3n) is 2.84. The van der Waals surface area contributed by atoms with Crippen molar-refractivity contribution in [3.05, 3.63) is 58.9 Å². The molecule has 0 spiro atoms. The molecule has 1 aromatic carbocycles. The maximum absolute atomic E-state index is 12.4. The molecule has 2 heterocycles. The Bertz CT molecular complexity index is 722. The fraction of sp³-hybridized carbons (Fsp3) is 0.0667. The number of hydrogen-bond acceptors (Lipinski definition) is 5. The number of nitrogens with one attached hydrogen (secondary N) is 1. The molecule has 1 saturated heterocycles. The fourth-order valence-corrected chi connectivity index (χ4v) is 3.03. The Morgan fingerprint density at radius 2 is 2.00 bits per heavy atom. The van der Waals surface area contributed by atoms with Crippen molar-refractivity contribution in [2.75, 3.05) is 5.43 Å². The highest BCUT2D eigenvalue weighted by Crippen LogP contribution is 2.32.